The Balaban J connectivity index is 2.78. The molecular formula is C11H19N5O2. The summed E-state index contributed by atoms with van der Waals surface area (Å²) in [6.45, 7) is 3.66. The van der Waals surface area contributed by atoms with Gasteiger partial charge in [0.25, 0.3) is 0 Å². The Bertz CT molecular complexity index is 464. The van der Waals surface area contributed by atoms with Gasteiger partial charge in [0, 0.05) is 32.4 Å². The molecule has 1 amide bonds. The normalized spacial score (nSPS) is 12.6. The van der Waals surface area contributed by atoms with Crippen LogP contribution in [0.25, 0.3) is 0 Å². The van der Waals surface area contributed by atoms with Crippen LogP contribution in [0.4, 0.5) is 0 Å². The fourth-order valence-corrected chi connectivity index (χ4v) is 1.61. The fourth-order valence-electron chi connectivity index (χ4n) is 1.61. The van der Waals surface area contributed by atoms with Gasteiger partial charge in [0.2, 0.25) is 5.91 Å². The van der Waals surface area contributed by atoms with Crippen molar-refractivity contribution < 1.29 is 10.0 Å². The Kier molecular flexibility index (Phi) is 3.95. The Hall–Kier alpha value is -2.05. The highest BCUT2D eigenvalue weighted by molar-refractivity contribution is 6.05. The summed E-state index contributed by atoms with van der Waals surface area (Å²) >= 11 is 0. The van der Waals surface area contributed by atoms with Crippen molar-refractivity contribution in [2.45, 2.75) is 20.4 Å². The number of nitrogens with zero attached hydrogens (tertiary/aromatic N) is 4. The molecule has 0 aliphatic rings. The number of rotatable bonds is 4. The number of hydrogen-bond donors (Lipinski definition) is 2. The number of oxime groups is 1. The van der Waals surface area contributed by atoms with E-state index in [1.165, 1.54) is 4.90 Å². The molecule has 0 aliphatic carbocycles. The van der Waals surface area contributed by atoms with Crippen molar-refractivity contribution in [1.29, 1.82) is 0 Å². The highest BCUT2D eigenvalue weighted by Crippen LogP contribution is 2.19. The summed E-state index contributed by atoms with van der Waals surface area (Å²) in [6.07, 6.45) is 3.53. The SMILES string of the molecule is CN(Cc1cnn(C)c1)C(=O)C(C)(C)C(N)=NO. The highest BCUT2D eigenvalue weighted by atomic mass is 16.4. The first-order valence-electron chi connectivity index (χ1n) is 5.50. The lowest BCUT2D eigenvalue weighted by Gasteiger charge is -2.27. The molecule has 0 aromatic carbocycles. The van der Waals surface area contributed by atoms with E-state index in [2.05, 4.69) is 10.3 Å². The summed E-state index contributed by atoms with van der Waals surface area (Å²) in [5, 5.41) is 15.6. The molecule has 0 saturated carbocycles. The van der Waals surface area contributed by atoms with Crippen LogP contribution in [0.1, 0.15) is 19.4 Å². The highest BCUT2D eigenvalue weighted by Gasteiger charge is 2.35. The Morgan fingerprint density at radius 2 is 2.28 bits per heavy atom. The number of amidine groups is 1. The molecule has 1 aromatic heterocycles. The van der Waals surface area contributed by atoms with E-state index in [1.54, 1.807) is 31.8 Å². The van der Waals surface area contributed by atoms with Crippen molar-refractivity contribution in [3.63, 3.8) is 0 Å². The van der Waals surface area contributed by atoms with E-state index in [9.17, 15) is 4.79 Å². The minimum Gasteiger partial charge on any atom is -0.409 e. The van der Waals surface area contributed by atoms with E-state index in [-0.39, 0.29) is 11.7 Å². The summed E-state index contributed by atoms with van der Waals surface area (Å²) in [6, 6.07) is 0. The lowest BCUT2D eigenvalue weighted by molar-refractivity contribution is -0.136. The van der Waals surface area contributed by atoms with Gasteiger partial charge in [-0.05, 0) is 13.8 Å². The first kappa shape index (κ1) is 14.0. The Morgan fingerprint density at radius 1 is 1.67 bits per heavy atom. The van der Waals surface area contributed by atoms with Crippen LogP contribution in [0.5, 0.6) is 0 Å². The summed E-state index contributed by atoms with van der Waals surface area (Å²) < 4.78 is 1.67. The second kappa shape index (κ2) is 5.07. The first-order chi connectivity index (χ1) is 8.28. The Labute approximate surface area is 106 Å². The van der Waals surface area contributed by atoms with Gasteiger partial charge in [-0.15, -0.1) is 0 Å². The van der Waals surface area contributed by atoms with E-state index in [0.29, 0.717) is 6.54 Å². The molecule has 0 radical (unpaired) electrons. The molecule has 1 rings (SSSR count). The van der Waals surface area contributed by atoms with Crippen LogP contribution in [0.15, 0.2) is 17.5 Å². The Morgan fingerprint density at radius 3 is 2.72 bits per heavy atom. The molecular weight excluding hydrogens is 234 g/mol. The van der Waals surface area contributed by atoms with E-state index >= 15 is 0 Å². The molecule has 0 saturated heterocycles. The molecule has 0 aliphatic heterocycles. The molecule has 7 heteroatoms. The van der Waals surface area contributed by atoms with Crippen LogP contribution >= 0.6 is 0 Å². The lowest BCUT2D eigenvalue weighted by atomic mass is 9.90. The van der Waals surface area contributed by atoms with Crippen molar-refractivity contribution in [1.82, 2.24) is 14.7 Å². The van der Waals surface area contributed by atoms with Crippen molar-refractivity contribution in [3.05, 3.63) is 18.0 Å². The zero-order valence-electron chi connectivity index (χ0n) is 11.1. The van der Waals surface area contributed by atoms with Crippen molar-refractivity contribution in [2.24, 2.45) is 23.4 Å². The smallest absolute Gasteiger partial charge is 0.235 e. The van der Waals surface area contributed by atoms with Gasteiger partial charge in [0.1, 0.15) is 5.41 Å². The number of aryl methyl sites for hydroxylation is 1. The zero-order valence-corrected chi connectivity index (χ0v) is 11.1. The standard InChI is InChI=1S/C11H19N5O2/c1-11(2,9(12)14-18)10(17)15(3)6-8-5-13-16(4)7-8/h5,7,18H,6H2,1-4H3,(H2,12,14). The summed E-state index contributed by atoms with van der Waals surface area (Å²) in [7, 11) is 3.48. The molecule has 3 N–H and O–H groups in total. The van der Waals surface area contributed by atoms with Crippen LogP contribution < -0.4 is 5.73 Å². The molecule has 7 nitrogen and oxygen atoms in total. The van der Waals surface area contributed by atoms with Gasteiger partial charge >= 0.3 is 0 Å². The number of aromatic nitrogens is 2. The largest absolute Gasteiger partial charge is 0.409 e. The third-order valence-electron chi connectivity index (χ3n) is 2.81. The number of carbonyl (C=O) groups is 1. The summed E-state index contributed by atoms with van der Waals surface area (Å²) in [4.78, 5) is 13.7. The van der Waals surface area contributed by atoms with Gasteiger partial charge in [-0.1, -0.05) is 5.16 Å². The molecule has 0 atom stereocenters. The van der Waals surface area contributed by atoms with Crippen LogP contribution in [0, 0.1) is 5.41 Å². The summed E-state index contributed by atoms with van der Waals surface area (Å²) in [5.74, 6) is -0.327. The van der Waals surface area contributed by atoms with Gasteiger partial charge in [0.15, 0.2) is 5.84 Å². The van der Waals surface area contributed by atoms with Crippen LogP contribution in [-0.4, -0.2) is 38.7 Å². The van der Waals surface area contributed by atoms with E-state index in [0.717, 1.165) is 5.56 Å². The predicted octanol–water partition coefficient (Wildman–Crippen LogP) is 0.151. The zero-order chi connectivity index (χ0) is 13.9. The molecule has 100 valence electrons. The van der Waals surface area contributed by atoms with Crippen molar-refractivity contribution in [3.8, 4) is 0 Å². The number of carbonyl (C=O) groups excluding carboxylic acids is 1. The minimum atomic E-state index is -1.04. The lowest BCUT2D eigenvalue weighted by Crippen LogP contribution is -2.46. The number of nitrogens with two attached hydrogens (primary N) is 1. The third-order valence-corrected chi connectivity index (χ3v) is 2.81. The topological polar surface area (TPSA) is 96.7 Å². The van der Waals surface area contributed by atoms with Crippen LogP contribution in [-0.2, 0) is 18.4 Å². The number of hydrogen-bond acceptors (Lipinski definition) is 4. The average Bonchev–Trinajstić information content (AvgIpc) is 2.72. The molecule has 0 bridgehead atoms. The van der Waals surface area contributed by atoms with E-state index in [1.807, 2.05) is 13.2 Å². The third kappa shape index (κ3) is 2.79. The second-order valence-corrected chi connectivity index (χ2v) is 4.79. The molecule has 1 aromatic rings. The average molecular weight is 253 g/mol. The molecule has 18 heavy (non-hydrogen) atoms. The second-order valence-electron chi connectivity index (χ2n) is 4.79. The molecule has 0 fully saturated rings. The van der Waals surface area contributed by atoms with Crippen molar-refractivity contribution in [2.75, 3.05) is 7.05 Å². The predicted molar refractivity (Wildman–Crippen MR) is 66.9 cm³/mol. The van der Waals surface area contributed by atoms with Crippen LogP contribution in [0.3, 0.4) is 0 Å². The minimum absolute atomic E-state index is 0.106. The molecule has 0 unspecified atom stereocenters. The van der Waals surface area contributed by atoms with Gasteiger partial charge in [0.05, 0.1) is 6.20 Å². The maximum absolute atomic E-state index is 12.2. The van der Waals surface area contributed by atoms with E-state index < -0.39 is 5.41 Å². The fraction of sp³-hybridized carbons (Fsp3) is 0.545. The van der Waals surface area contributed by atoms with Crippen LogP contribution in [0.2, 0.25) is 0 Å². The maximum Gasteiger partial charge on any atom is 0.235 e. The molecule has 0 spiro atoms. The van der Waals surface area contributed by atoms with Gasteiger partial charge in [-0.25, -0.2) is 0 Å². The monoisotopic (exact) mass is 253 g/mol. The number of amides is 1. The quantitative estimate of drug-likeness (QED) is 0.345. The first-order valence-corrected chi connectivity index (χ1v) is 5.50. The van der Waals surface area contributed by atoms with E-state index in [4.69, 9.17) is 10.9 Å². The van der Waals surface area contributed by atoms with Crippen molar-refractivity contribution >= 4 is 11.7 Å². The summed E-state index contributed by atoms with van der Waals surface area (Å²) in [5.41, 5.74) is 5.41. The van der Waals surface area contributed by atoms with Gasteiger partial charge in [-0.2, -0.15) is 5.10 Å². The molecule has 1 heterocycles. The van der Waals surface area contributed by atoms with Gasteiger partial charge < -0.3 is 15.8 Å². The van der Waals surface area contributed by atoms with Gasteiger partial charge in [-0.3, -0.25) is 9.48 Å². The maximum atomic E-state index is 12.2.